The maximum atomic E-state index is 4.97. The number of hydrogen-bond donors (Lipinski definition) is 1. The molecule has 3 heteroatoms. The van der Waals surface area contributed by atoms with E-state index < -0.39 is 0 Å². The van der Waals surface area contributed by atoms with Gasteiger partial charge in [0.1, 0.15) is 0 Å². The third-order valence-corrected chi connectivity index (χ3v) is 1.89. The first kappa shape index (κ1) is 6.88. The fourth-order valence-corrected chi connectivity index (χ4v) is 1.32. The number of hydrogen-bond acceptors (Lipinski definition) is 3. The molecule has 0 atom stereocenters. The van der Waals surface area contributed by atoms with E-state index in [0.29, 0.717) is 0 Å². The lowest BCUT2D eigenvalue weighted by Gasteiger charge is -2.12. The van der Waals surface area contributed by atoms with E-state index in [9.17, 15) is 0 Å². The van der Waals surface area contributed by atoms with Gasteiger partial charge in [-0.3, -0.25) is 5.43 Å². The summed E-state index contributed by atoms with van der Waals surface area (Å²) in [5.41, 5.74) is 4.52. The van der Waals surface area contributed by atoms with Crippen LogP contribution in [0.3, 0.4) is 0 Å². The monoisotopic (exact) mass is 152 g/mol. The average Bonchev–Trinajstić information content (AvgIpc) is 2.60. The van der Waals surface area contributed by atoms with Gasteiger partial charge >= 0.3 is 0 Å². The van der Waals surface area contributed by atoms with Crippen molar-refractivity contribution in [2.75, 3.05) is 13.1 Å². The van der Waals surface area contributed by atoms with E-state index in [1.54, 1.807) is 12.5 Å². The van der Waals surface area contributed by atoms with Crippen molar-refractivity contribution in [1.29, 1.82) is 0 Å². The summed E-state index contributed by atoms with van der Waals surface area (Å²) in [5.74, 6) is 0. The van der Waals surface area contributed by atoms with Gasteiger partial charge < -0.3 is 4.42 Å². The van der Waals surface area contributed by atoms with E-state index in [1.807, 2.05) is 6.07 Å². The zero-order valence-electron chi connectivity index (χ0n) is 6.42. The minimum atomic E-state index is 0.955. The second-order valence-corrected chi connectivity index (χ2v) is 2.81. The molecule has 0 saturated carbocycles. The summed E-state index contributed by atoms with van der Waals surface area (Å²) in [6, 6.07) is 2.00. The molecule has 0 bridgehead atoms. The molecule has 1 aliphatic heterocycles. The molecule has 1 saturated heterocycles. The number of rotatable bonds is 2. The van der Waals surface area contributed by atoms with E-state index in [2.05, 4.69) is 10.4 Å². The van der Waals surface area contributed by atoms with E-state index in [1.165, 1.54) is 12.0 Å². The average molecular weight is 152 g/mol. The van der Waals surface area contributed by atoms with E-state index >= 15 is 0 Å². The first-order valence-corrected chi connectivity index (χ1v) is 3.95. The van der Waals surface area contributed by atoms with Crippen LogP contribution >= 0.6 is 0 Å². The quantitative estimate of drug-likeness (QED) is 0.685. The maximum absolute atomic E-state index is 4.97. The Kier molecular flexibility index (Phi) is 1.92. The van der Waals surface area contributed by atoms with E-state index in [0.717, 1.165) is 19.6 Å². The Labute approximate surface area is 66.0 Å². The largest absolute Gasteiger partial charge is 0.472 e. The molecule has 0 radical (unpaired) electrons. The Hall–Kier alpha value is -0.800. The Morgan fingerprint density at radius 2 is 2.64 bits per heavy atom. The first-order valence-electron chi connectivity index (χ1n) is 3.95. The van der Waals surface area contributed by atoms with Crippen molar-refractivity contribution in [3.8, 4) is 0 Å². The molecule has 0 spiro atoms. The summed E-state index contributed by atoms with van der Waals surface area (Å²) >= 11 is 0. The van der Waals surface area contributed by atoms with Gasteiger partial charge in [0, 0.05) is 25.2 Å². The highest BCUT2D eigenvalue weighted by Crippen LogP contribution is 2.06. The van der Waals surface area contributed by atoms with Crippen LogP contribution < -0.4 is 5.43 Å². The van der Waals surface area contributed by atoms with Gasteiger partial charge in [-0.15, -0.1) is 0 Å². The number of nitrogens with zero attached hydrogens (tertiary/aromatic N) is 1. The third kappa shape index (κ3) is 1.61. The van der Waals surface area contributed by atoms with Gasteiger partial charge in [-0.25, -0.2) is 5.01 Å². The van der Waals surface area contributed by atoms with Crippen LogP contribution in [0.4, 0.5) is 0 Å². The van der Waals surface area contributed by atoms with Crippen LogP contribution in [0.25, 0.3) is 0 Å². The van der Waals surface area contributed by atoms with Crippen molar-refractivity contribution in [1.82, 2.24) is 10.4 Å². The van der Waals surface area contributed by atoms with Crippen LogP contribution in [-0.4, -0.2) is 18.1 Å². The zero-order valence-corrected chi connectivity index (χ0v) is 6.42. The lowest BCUT2D eigenvalue weighted by molar-refractivity contribution is 0.244. The molecular weight excluding hydrogens is 140 g/mol. The highest BCUT2D eigenvalue weighted by Gasteiger charge is 2.10. The minimum absolute atomic E-state index is 0.955. The Morgan fingerprint density at radius 1 is 1.64 bits per heavy atom. The van der Waals surface area contributed by atoms with Crippen molar-refractivity contribution in [3.63, 3.8) is 0 Å². The van der Waals surface area contributed by atoms with Gasteiger partial charge in [0.25, 0.3) is 0 Å². The molecule has 0 aromatic carbocycles. The second-order valence-electron chi connectivity index (χ2n) is 2.81. The summed E-state index contributed by atoms with van der Waals surface area (Å²) in [5, 5.41) is 2.21. The van der Waals surface area contributed by atoms with Gasteiger partial charge in [0.05, 0.1) is 12.5 Å². The standard InChI is InChI=1S/C8H12N2O/c1-3-9-10(4-1)6-8-2-5-11-7-8/h2,5,7,9H,1,3-4,6H2. The van der Waals surface area contributed by atoms with Gasteiger partial charge in [-0.2, -0.15) is 0 Å². The number of hydrazine groups is 1. The predicted octanol–water partition coefficient (Wildman–Crippen LogP) is 0.990. The van der Waals surface area contributed by atoms with Crippen molar-refractivity contribution in [3.05, 3.63) is 24.2 Å². The second kappa shape index (κ2) is 3.07. The minimum Gasteiger partial charge on any atom is -0.472 e. The van der Waals surface area contributed by atoms with Crippen LogP contribution in [0.2, 0.25) is 0 Å². The van der Waals surface area contributed by atoms with Gasteiger partial charge in [0.2, 0.25) is 0 Å². The summed E-state index contributed by atoms with van der Waals surface area (Å²) in [6.07, 6.45) is 4.75. The Balaban J connectivity index is 1.90. The lowest BCUT2D eigenvalue weighted by atomic mass is 10.3. The normalized spacial score (nSPS) is 19.3. The molecule has 2 heterocycles. The van der Waals surface area contributed by atoms with E-state index in [4.69, 9.17) is 4.42 Å². The van der Waals surface area contributed by atoms with Crippen molar-refractivity contribution in [2.45, 2.75) is 13.0 Å². The first-order chi connectivity index (χ1) is 5.45. The van der Waals surface area contributed by atoms with Crippen LogP contribution in [0.1, 0.15) is 12.0 Å². The zero-order chi connectivity index (χ0) is 7.52. The lowest BCUT2D eigenvalue weighted by Crippen LogP contribution is -2.29. The molecule has 1 N–H and O–H groups in total. The predicted molar refractivity (Wildman–Crippen MR) is 41.7 cm³/mol. The SMILES string of the molecule is c1cc(CN2CCCN2)co1. The summed E-state index contributed by atoms with van der Waals surface area (Å²) in [7, 11) is 0. The van der Waals surface area contributed by atoms with Crippen LogP contribution in [0.5, 0.6) is 0 Å². The van der Waals surface area contributed by atoms with Crippen LogP contribution in [-0.2, 0) is 6.54 Å². The van der Waals surface area contributed by atoms with Crippen LogP contribution in [0.15, 0.2) is 23.0 Å². The summed E-state index contributed by atoms with van der Waals surface area (Å²) < 4.78 is 4.97. The summed E-state index contributed by atoms with van der Waals surface area (Å²) in [6.45, 7) is 3.21. The van der Waals surface area contributed by atoms with Crippen molar-refractivity contribution in [2.24, 2.45) is 0 Å². The third-order valence-electron chi connectivity index (χ3n) is 1.89. The topological polar surface area (TPSA) is 28.4 Å². The molecule has 60 valence electrons. The molecule has 0 amide bonds. The molecule has 11 heavy (non-hydrogen) atoms. The number of furan rings is 1. The maximum Gasteiger partial charge on any atom is 0.0948 e. The molecule has 1 aliphatic rings. The fourth-order valence-electron chi connectivity index (χ4n) is 1.32. The highest BCUT2D eigenvalue weighted by molar-refractivity contribution is 5.04. The molecule has 1 aromatic heterocycles. The molecule has 0 unspecified atom stereocenters. The van der Waals surface area contributed by atoms with Gasteiger partial charge in [-0.05, 0) is 12.5 Å². The molecule has 3 nitrogen and oxygen atoms in total. The molecule has 1 aromatic rings. The molecular formula is C8H12N2O. The number of nitrogens with one attached hydrogen (secondary N) is 1. The van der Waals surface area contributed by atoms with E-state index in [-0.39, 0.29) is 0 Å². The molecule has 1 fully saturated rings. The van der Waals surface area contributed by atoms with Crippen LogP contribution in [0, 0.1) is 0 Å². The molecule has 0 aliphatic carbocycles. The van der Waals surface area contributed by atoms with Gasteiger partial charge in [0.15, 0.2) is 0 Å². The Bertz CT molecular complexity index is 202. The fraction of sp³-hybridized carbons (Fsp3) is 0.500. The highest BCUT2D eigenvalue weighted by atomic mass is 16.3. The smallest absolute Gasteiger partial charge is 0.0948 e. The Morgan fingerprint density at radius 3 is 3.27 bits per heavy atom. The molecule has 2 rings (SSSR count). The van der Waals surface area contributed by atoms with Crippen molar-refractivity contribution < 1.29 is 4.42 Å². The van der Waals surface area contributed by atoms with Crippen molar-refractivity contribution >= 4 is 0 Å². The summed E-state index contributed by atoms with van der Waals surface area (Å²) in [4.78, 5) is 0. The van der Waals surface area contributed by atoms with Gasteiger partial charge in [-0.1, -0.05) is 0 Å².